The van der Waals surface area contributed by atoms with Gasteiger partial charge in [-0.05, 0) is 70.9 Å². The van der Waals surface area contributed by atoms with Crippen molar-refractivity contribution in [3.8, 4) is 5.75 Å². The normalized spacial score (nSPS) is 12.3. The fraction of sp³-hybridized carbons (Fsp3) is 0.417. The van der Waals surface area contributed by atoms with Crippen molar-refractivity contribution in [1.82, 2.24) is 10.2 Å². The molecule has 0 bridgehead atoms. The number of carbonyl (C=O) groups is 2. The highest BCUT2D eigenvalue weighted by molar-refractivity contribution is 6.36. The van der Waals surface area contributed by atoms with Gasteiger partial charge in [-0.25, -0.2) is 0 Å². The number of benzene rings is 2. The first-order chi connectivity index (χ1) is 14.4. The quantitative estimate of drug-likeness (QED) is 0.602. The Kier molecular flexibility index (Phi) is 8.38. The van der Waals surface area contributed by atoms with E-state index in [1.54, 1.807) is 25.1 Å². The Hall–Kier alpha value is -2.24. The molecule has 0 spiro atoms. The summed E-state index contributed by atoms with van der Waals surface area (Å²) in [5, 5.41) is 3.79. The topological polar surface area (TPSA) is 58.6 Å². The summed E-state index contributed by atoms with van der Waals surface area (Å²) in [7, 11) is 0. The summed E-state index contributed by atoms with van der Waals surface area (Å²) in [6.45, 7) is 11.1. The van der Waals surface area contributed by atoms with E-state index in [-0.39, 0.29) is 25.0 Å². The maximum absolute atomic E-state index is 13.2. The number of hydrogen-bond donors (Lipinski definition) is 1. The first kappa shape index (κ1) is 25.0. The Morgan fingerprint density at radius 2 is 1.65 bits per heavy atom. The lowest BCUT2D eigenvalue weighted by Crippen LogP contribution is -2.53. The number of carbonyl (C=O) groups excluding carboxylic acids is 2. The van der Waals surface area contributed by atoms with Crippen molar-refractivity contribution < 1.29 is 14.3 Å². The molecule has 2 amide bonds. The minimum atomic E-state index is -0.749. The second-order valence-electron chi connectivity index (χ2n) is 8.62. The third-order valence-corrected chi connectivity index (χ3v) is 5.67. The van der Waals surface area contributed by atoms with E-state index >= 15 is 0 Å². The van der Waals surface area contributed by atoms with Crippen LogP contribution in [0.5, 0.6) is 5.75 Å². The lowest BCUT2D eigenvalue weighted by molar-refractivity contribution is -0.142. The summed E-state index contributed by atoms with van der Waals surface area (Å²) in [5.41, 5.74) is 2.19. The molecule has 0 radical (unpaired) electrons. The minimum absolute atomic E-state index is 0.0895. The van der Waals surface area contributed by atoms with Gasteiger partial charge in [0, 0.05) is 27.7 Å². The van der Waals surface area contributed by atoms with Gasteiger partial charge in [0.1, 0.15) is 11.8 Å². The minimum Gasteiger partial charge on any atom is -0.483 e. The van der Waals surface area contributed by atoms with Crippen LogP contribution in [0, 0.1) is 13.8 Å². The van der Waals surface area contributed by atoms with E-state index < -0.39 is 11.6 Å². The van der Waals surface area contributed by atoms with Crippen molar-refractivity contribution in [2.45, 2.75) is 59.7 Å². The predicted octanol–water partition coefficient (Wildman–Crippen LogP) is 5.32. The molecule has 2 rings (SSSR count). The molecule has 2 aromatic carbocycles. The van der Waals surface area contributed by atoms with E-state index in [1.165, 1.54) is 4.90 Å². The van der Waals surface area contributed by atoms with Gasteiger partial charge in [0.25, 0.3) is 5.91 Å². The van der Waals surface area contributed by atoms with Crippen LogP contribution in [0.15, 0.2) is 36.4 Å². The van der Waals surface area contributed by atoms with E-state index in [1.807, 2.05) is 52.8 Å². The molecule has 31 heavy (non-hydrogen) atoms. The first-order valence-corrected chi connectivity index (χ1v) is 10.9. The summed E-state index contributed by atoms with van der Waals surface area (Å²) in [4.78, 5) is 27.5. The molecule has 5 nitrogen and oxygen atoms in total. The van der Waals surface area contributed by atoms with Crippen LogP contribution in [-0.4, -0.2) is 34.9 Å². The third-order valence-electron chi connectivity index (χ3n) is 4.96. The molecule has 0 aliphatic carbocycles. The molecule has 0 saturated carbocycles. The zero-order valence-electron chi connectivity index (χ0n) is 18.9. The number of aryl methyl sites for hydroxylation is 1. The van der Waals surface area contributed by atoms with Crippen molar-refractivity contribution in [2.75, 3.05) is 6.61 Å². The molecule has 1 atom stereocenters. The number of nitrogens with zero attached hydrogens (tertiary/aromatic N) is 1. The Balaban J connectivity index is 2.28. The van der Waals surface area contributed by atoms with Gasteiger partial charge in [0.2, 0.25) is 5.91 Å². The molecule has 1 N–H and O–H groups in total. The van der Waals surface area contributed by atoms with Gasteiger partial charge in [-0.3, -0.25) is 9.59 Å². The molecule has 168 valence electrons. The van der Waals surface area contributed by atoms with Crippen LogP contribution in [0.3, 0.4) is 0 Å². The highest BCUT2D eigenvalue weighted by Crippen LogP contribution is 2.27. The fourth-order valence-electron chi connectivity index (χ4n) is 3.01. The average Bonchev–Trinajstić information content (AvgIpc) is 2.67. The molecule has 0 unspecified atom stereocenters. The van der Waals surface area contributed by atoms with Crippen LogP contribution >= 0.6 is 23.2 Å². The van der Waals surface area contributed by atoms with Gasteiger partial charge in [-0.2, -0.15) is 0 Å². The Bertz CT molecular complexity index is 934. The molecule has 0 aliphatic rings. The molecule has 0 fully saturated rings. The fourth-order valence-corrected chi connectivity index (χ4v) is 3.53. The van der Waals surface area contributed by atoms with Crippen LogP contribution < -0.4 is 10.1 Å². The zero-order valence-corrected chi connectivity index (χ0v) is 20.4. The smallest absolute Gasteiger partial charge is 0.261 e. The zero-order chi connectivity index (χ0) is 23.3. The van der Waals surface area contributed by atoms with Gasteiger partial charge in [-0.15, -0.1) is 0 Å². The lowest BCUT2D eigenvalue weighted by atomic mass is 10.1. The summed E-state index contributed by atoms with van der Waals surface area (Å²) in [6.07, 6.45) is 0. The van der Waals surface area contributed by atoms with Crippen LogP contribution in [-0.2, 0) is 16.1 Å². The maximum atomic E-state index is 13.2. The van der Waals surface area contributed by atoms with E-state index in [9.17, 15) is 9.59 Å². The van der Waals surface area contributed by atoms with Crippen molar-refractivity contribution in [3.05, 3.63) is 63.1 Å². The van der Waals surface area contributed by atoms with Gasteiger partial charge in [-0.1, -0.05) is 41.4 Å². The molecule has 0 aliphatic heterocycles. The summed E-state index contributed by atoms with van der Waals surface area (Å²) in [5.74, 6) is 0.0279. The standard InChI is InChI=1S/C24H30Cl2N2O3/c1-15-9-7-12-21(16(15)2)31-14-22(29)28(17(3)23(30)27-24(4,5)6)13-18-19(25)10-8-11-20(18)26/h7-12,17H,13-14H2,1-6H3,(H,27,30)/t17-/m1/s1. The molecule has 7 heteroatoms. The summed E-state index contributed by atoms with van der Waals surface area (Å²) in [6, 6.07) is 10.1. The Morgan fingerprint density at radius 3 is 2.23 bits per heavy atom. The highest BCUT2D eigenvalue weighted by Gasteiger charge is 2.29. The molecule has 2 aromatic rings. The lowest BCUT2D eigenvalue weighted by Gasteiger charge is -2.32. The molecule has 0 heterocycles. The van der Waals surface area contributed by atoms with Crippen LogP contribution in [0.1, 0.15) is 44.4 Å². The number of hydrogen-bond acceptors (Lipinski definition) is 3. The number of rotatable bonds is 7. The van der Waals surface area contributed by atoms with Gasteiger partial charge >= 0.3 is 0 Å². The second-order valence-corrected chi connectivity index (χ2v) is 9.44. The Morgan fingerprint density at radius 1 is 1.06 bits per heavy atom. The Labute approximate surface area is 194 Å². The van der Waals surface area contributed by atoms with Crippen LogP contribution in [0.4, 0.5) is 0 Å². The third kappa shape index (κ3) is 6.88. The average molecular weight is 465 g/mol. The maximum Gasteiger partial charge on any atom is 0.261 e. The predicted molar refractivity (Wildman–Crippen MR) is 126 cm³/mol. The summed E-state index contributed by atoms with van der Waals surface area (Å²) >= 11 is 12.7. The van der Waals surface area contributed by atoms with Crippen LogP contribution in [0.25, 0.3) is 0 Å². The van der Waals surface area contributed by atoms with E-state index in [4.69, 9.17) is 27.9 Å². The summed E-state index contributed by atoms with van der Waals surface area (Å²) < 4.78 is 5.80. The number of halogens is 2. The van der Waals surface area contributed by atoms with E-state index in [0.29, 0.717) is 21.4 Å². The van der Waals surface area contributed by atoms with Crippen molar-refractivity contribution in [2.24, 2.45) is 0 Å². The van der Waals surface area contributed by atoms with Gasteiger partial charge in [0.15, 0.2) is 6.61 Å². The molecular weight excluding hydrogens is 435 g/mol. The monoisotopic (exact) mass is 464 g/mol. The first-order valence-electron chi connectivity index (χ1n) is 10.1. The van der Waals surface area contributed by atoms with E-state index in [2.05, 4.69) is 5.32 Å². The molecule has 0 saturated heterocycles. The number of nitrogens with one attached hydrogen (secondary N) is 1. The second kappa shape index (κ2) is 10.4. The number of ether oxygens (including phenoxy) is 1. The SMILES string of the molecule is Cc1cccc(OCC(=O)N(Cc2c(Cl)cccc2Cl)[C@H](C)C(=O)NC(C)(C)C)c1C. The van der Waals surface area contributed by atoms with Crippen LogP contribution in [0.2, 0.25) is 10.0 Å². The van der Waals surface area contributed by atoms with E-state index in [0.717, 1.165) is 11.1 Å². The highest BCUT2D eigenvalue weighted by atomic mass is 35.5. The van der Waals surface area contributed by atoms with Crippen molar-refractivity contribution in [3.63, 3.8) is 0 Å². The van der Waals surface area contributed by atoms with Gasteiger partial charge < -0.3 is 15.0 Å². The van der Waals surface area contributed by atoms with Crippen molar-refractivity contribution in [1.29, 1.82) is 0 Å². The largest absolute Gasteiger partial charge is 0.483 e. The van der Waals surface area contributed by atoms with Gasteiger partial charge in [0.05, 0.1) is 0 Å². The number of amides is 2. The van der Waals surface area contributed by atoms with Crippen molar-refractivity contribution >= 4 is 35.0 Å². The molecule has 0 aromatic heterocycles. The molecular formula is C24H30Cl2N2O3.